The highest BCUT2D eigenvalue weighted by molar-refractivity contribution is 4.93. The van der Waals surface area contributed by atoms with Crippen molar-refractivity contribution in [2.75, 3.05) is 6.61 Å². The van der Waals surface area contributed by atoms with Crippen molar-refractivity contribution in [3.8, 4) is 0 Å². The van der Waals surface area contributed by atoms with Crippen molar-refractivity contribution in [3.05, 3.63) is 33.1 Å². The molecule has 20 heavy (non-hydrogen) atoms. The van der Waals surface area contributed by atoms with Gasteiger partial charge in [0.1, 0.15) is 30.5 Å². The Hall–Kier alpha value is -1.52. The Bertz CT molecular complexity index is 538. The minimum atomic E-state index is -1.54. The summed E-state index contributed by atoms with van der Waals surface area (Å²) in [4.78, 5) is 25.4. The predicted octanol–water partition coefficient (Wildman–Crippen LogP) is -3.62. The molecule has 1 saturated heterocycles. The van der Waals surface area contributed by atoms with E-state index in [4.69, 9.17) is 9.84 Å². The zero-order valence-electron chi connectivity index (χ0n) is 10.4. The molecule has 1 aliphatic heterocycles. The molecule has 1 aromatic rings. The van der Waals surface area contributed by atoms with Crippen LogP contribution < -0.4 is 11.2 Å². The lowest BCUT2D eigenvalue weighted by Gasteiger charge is -2.40. The van der Waals surface area contributed by atoms with Crippen molar-refractivity contribution in [3.63, 3.8) is 0 Å². The van der Waals surface area contributed by atoms with Crippen LogP contribution >= 0.6 is 0 Å². The minimum Gasteiger partial charge on any atom is -0.394 e. The summed E-state index contributed by atoms with van der Waals surface area (Å²) >= 11 is 0. The molecule has 1 fully saturated rings. The van der Waals surface area contributed by atoms with Gasteiger partial charge in [-0.05, 0) is 0 Å². The normalized spacial score (nSPS) is 34.1. The van der Waals surface area contributed by atoms with Crippen LogP contribution in [0.1, 0.15) is 0 Å². The first-order chi connectivity index (χ1) is 9.45. The third kappa shape index (κ3) is 2.67. The number of nitrogens with zero attached hydrogens (tertiary/aromatic N) is 1. The van der Waals surface area contributed by atoms with Gasteiger partial charge < -0.3 is 30.1 Å². The molecular formula is C11H16N2O7. The summed E-state index contributed by atoms with van der Waals surface area (Å²) in [6.07, 6.45) is -5.49. The molecule has 0 aromatic carbocycles. The number of ether oxygens (including phenoxy) is 1. The van der Waals surface area contributed by atoms with Gasteiger partial charge in [-0.2, -0.15) is 0 Å². The molecule has 0 bridgehead atoms. The summed E-state index contributed by atoms with van der Waals surface area (Å²) in [5.74, 6) is 0. The smallest absolute Gasteiger partial charge is 0.328 e. The molecule has 0 radical (unpaired) electrons. The van der Waals surface area contributed by atoms with Gasteiger partial charge >= 0.3 is 5.69 Å². The molecule has 9 heteroatoms. The summed E-state index contributed by atoms with van der Waals surface area (Å²) in [6.45, 7) is -0.877. The van der Waals surface area contributed by atoms with E-state index in [1.54, 1.807) is 0 Å². The van der Waals surface area contributed by atoms with Gasteiger partial charge in [0.25, 0.3) is 5.56 Å². The lowest BCUT2D eigenvalue weighted by molar-refractivity contribution is -0.232. The highest BCUT2D eigenvalue weighted by Crippen LogP contribution is 2.21. The largest absolute Gasteiger partial charge is 0.394 e. The number of hydrogen-bond acceptors (Lipinski definition) is 7. The van der Waals surface area contributed by atoms with E-state index in [0.717, 1.165) is 10.6 Å². The van der Waals surface area contributed by atoms with E-state index in [-0.39, 0.29) is 6.54 Å². The number of aromatic nitrogens is 2. The Morgan fingerprint density at radius 3 is 2.40 bits per heavy atom. The first kappa shape index (κ1) is 14.9. The monoisotopic (exact) mass is 288 g/mol. The van der Waals surface area contributed by atoms with E-state index in [1.165, 1.54) is 6.20 Å². The molecule has 0 aliphatic carbocycles. The second kappa shape index (κ2) is 5.85. The van der Waals surface area contributed by atoms with Gasteiger partial charge in [-0.25, -0.2) is 4.79 Å². The summed E-state index contributed by atoms with van der Waals surface area (Å²) in [5.41, 5.74) is -1.28. The van der Waals surface area contributed by atoms with Crippen LogP contribution in [0.5, 0.6) is 0 Å². The van der Waals surface area contributed by atoms with Crippen molar-refractivity contribution >= 4 is 0 Å². The third-order valence-electron chi connectivity index (χ3n) is 3.30. The molecule has 0 spiro atoms. The highest BCUT2D eigenvalue weighted by Gasteiger charge is 2.43. The quantitative estimate of drug-likeness (QED) is 0.386. The Balaban J connectivity index is 2.24. The molecule has 5 atom stereocenters. The van der Waals surface area contributed by atoms with Crippen molar-refractivity contribution in [2.24, 2.45) is 0 Å². The van der Waals surface area contributed by atoms with E-state index in [0.29, 0.717) is 0 Å². The van der Waals surface area contributed by atoms with Crippen LogP contribution in [0.4, 0.5) is 0 Å². The van der Waals surface area contributed by atoms with Gasteiger partial charge in [0, 0.05) is 12.3 Å². The fraction of sp³-hybridized carbons (Fsp3) is 0.636. The molecule has 2 rings (SSSR count). The van der Waals surface area contributed by atoms with Crippen molar-refractivity contribution < 1.29 is 25.2 Å². The van der Waals surface area contributed by atoms with Gasteiger partial charge in [0.05, 0.1) is 13.2 Å². The molecule has 0 unspecified atom stereocenters. The van der Waals surface area contributed by atoms with Gasteiger partial charge in [-0.15, -0.1) is 0 Å². The molecule has 0 amide bonds. The lowest BCUT2D eigenvalue weighted by Crippen LogP contribution is -2.60. The maximum absolute atomic E-state index is 11.6. The lowest BCUT2D eigenvalue weighted by atomic mass is 9.95. The predicted molar refractivity (Wildman–Crippen MR) is 65.1 cm³/mol. The van der Waals surface area contributed by atoms with E-state index in [2.05, 4.69) is 4.98 Å². The fourth-order valence-corrected chi connectivity index (χ4v) is 2.13. The van der Waals surface area contributed by atoms with Crippen molar-refractivity contribution in [1.29, 1.82) is 0 Å². The summed E-state index contributed by atoms with van der Waals surface area (Å²) < 4.78 is 6.02. The third-order valence-corrected chi connectivity index (χ3v) is 3.30. The second-order valence-corrected chi connectivity index (χ2v) is 4.60. The Labute approximate surface area is 112 Å². The molecule has 5 N–H and O–H groups in total. The standard InChI is InChI=1S/C11H16N2O7/c14-4-6-9(17)10(18)8(16)5(20-6)3-13-7(15)1-2-12-11(13)19/h1-2,5-6,8-10,14,16-18H,3-4H2,(H,12,19)/t5-,6+,8+,9+,10+/m0/s1. The molecule has 112 valence electrons. The zero-order chi connectivity index (χ0) is 14.9. The van der Waals surface area contributed by atoms with Crippen LogP contribution in [-0.2, 0) is 11.3 Å². The highest BCUT2D eigenvalue weighted by atomic mass is 16.5. The van der Waals surface area contributed by atoms with Crippen molar-refractivity contribution in [1.82, 2.24) is 9.55 Å². The Morgan fingerprint density at radius 1 is 1.15 bits per heavy atom. The Kier molecular flexibility index (Phi) is 4.35. The number of aliphatic hydroxyl groups excluding tert-OH is 4. The van der Waals surface area contributed by atoms with E-state index < -0.39 is 48.4 Å². The minimum absolute atomic E-state index is 0.309. The van der Waals surface area contributed by atoms with E-state index in [1.807, 2.05) is 0 Å². The number of H-pyrrole nitrogens is 1. The summed E-state index contributed by atoms with van der Waals surface area (Å²) in [6, 6.07) is 1.13. The van der Waals surface area contributed by atoms with Gasteiger partial charge in [0.2, 0.25) is 0 Å². The Morgan fingerprint density at radius 2 is 1.80 bits per heavy atom. The molecule has 2 heterocycles. The van der Waals surface area contributed by atoms with Crippen molar-refractivity contribution in [2.45, 2.75) is 37.1 Å². The number of aromatic amines is 1. The number of nitrogens with one attached hydrogen (secondary N) is 1. The summed E-state index contributed by atoms with van der Waals surface area (Å²) in [5, 5.41) is 38.1. The first-order valence-electron chi connectivity index (χ1n) is 6.04. The van der Waals surface area contributed by atoms with Crippen LogP contribution in [0.2, 0.25) is 0 Å². The average Bonchev–Trinajstić information content (AvgIpc) is 2.43. The van der Waals surface area contributed by atoms with Gasteiger partial charge in [0.15, 0.2) is 0 Å². The average molecular weight is 288 g/mol. The van der Waals surface area contributed by atoms with Crippen LogP contribution in [0.3, 0.4) is 0 Å². The van der Waals surface area contributed by atoms with Crippen LogP contribution in [-0.4, -0.2) is 67.1 Å². The van der Waals surface area contributed by atoms with Crippen LogP contribution in [0, 0.1) is 0 Å². The van der Waals surface area contributed by atoms with Gasteiger partial charge in [-0.1, -0.05) is 0 Å². The van der Waals surface area contributed by atoms with Gasteiger partial charge in [-0.3, -0.25) is 9.36 Å². The molecule has 1 aromatic heterocycles. The van der Waals surface area contributed by atoms with Crippen LogP contribution in [0.15, 0.2) is 21.9 Å². The maximum atomic E-state index is 11.6. The van der Waals surface area contributed by atoms with E-state index in [9.17, 15) is 24.9 Å². The zero-order valence-corrected chi connectivity index (χ0v) is 10.4. The molecule has 9 nitrogen and oxygen atoms in total. The fourth-order valence-electron chi connectivity index (χ4n) is 2.13. The SMILES string of the molecule is O=c1cc[nH]c(=O)n1C[C@@H]1O[C@H](CO)[C@@H](O)[C@H](O)[C@@H]1O. The number of hydrogen-bond donors (Lipinski definition) is 5. The first-order valence-corrected chi connectivity index (χ1v) is 6.04. The van der Waals surface area contributed by atoms with E-state index >= 15 is 0 Å². The molecule has 0 saturated carbocycles. The number of aliphatic hydroxyl groups is 4. The topological polar surface area (TPSA) is 145 Å². The molecule has 1 aliphatic rings. The van der Waals surface area contributed by atoms with Crippen LogP contribution in [0.25, 0.3) is 0 Å². The summed E-state index contributed by atoms with van der Waals surface area (Å²) in [7, 11) is 0. The number of rotatable bonds is 3. The maximum Gasteiger partial charge on any atom is 0.328 e. The second-order valence-electron chi connectivity index (χ2n) is 4.60. The molecular weight excluding hydrogens is 272 g/mol.